The van der Waals surface area contributed by atoms with E-state index in [1.165, 1.54) is 17.2 Å². The van der Waals surface area contributed by atoms with Gasteiger partial charge in [0, 0.05) is 36.1 Å². The number of hydrogen-bond acceptors (Lipinski definition) is 5. The van der Waals surface area contributed by atoms with Crippen molar-refractivity contribution < 1.29 is 18.0 Å². The van der Waals surface area contributed by atoms with Crippen LogP contribution < -0.4 is 10.7 Å². The Morgan fingerprint density at radius 1 is 1.27 bits per heavy atom. The van der Waals surface area contributed by atoms with Crippen LogP contribution in [0.5, 0.6) is 0 Å². The Labute approximate surface area is 174 Å². The first-order valence-corrected chi connectivity index (χ1v) is 9.31. The van der Waals surface area contributed by atoms with Crippen LogP contribution in [-0.4, -0.2) is 38.5 Å². The van der Waals surface area contributed by atoms with Crippen molar-refractivity contribution in [2.75, 3.05) is 11.9 Å². The molecule has 0 spiro atoms. The predicted molar refractivity (Wildman–Crippen MR) is 105 cm³/mol. The van der Waals surface area contributed by atoms with Gasteiger partial charge in [-0.15, -0.1) is 0 Å². The minimum Gasteiger partial charge on any atom is -0.307 e. The van der Waals surface area contributed by atoms with Crippen molar-refractivity contribution in [3.8, 4) is 0 Å². The first-order valence-electron chi connectivity index (χ1n) is 8.93. The van der Waals surface area contributed by atoms with Crippen LogP contribution in [0, 0.1) is 0 Å². The molecule has 30 heavy (non-hydrogen) atoms. The minimum atomic E-state index is -4.48. The first-order chi connectivity index (χ1) is 14.2. The number of alkyl halides is 3. The van der Waals surface area contributed by atoms with Gasteiger partial charge in [0.2, 0.25) is 0 Å². The van der Waals surface area contributed by atoms with Crippen LogP contribution in [0.15, 0.2) is 54.8 Å². The summed E-state index contributed by atoms with van der Waals surface area (Å²) in [5, 5.41) is 4.74. The van der Waals surface area contributed by atoms with E-state index >= 15 is 0 Å². The summed E-state index contributed by atoms with van der Waals surface area (Å²) in [4.78, 5) is 22.2. The topological polar surface area (TPSA) is 73.4 Å². The van der Waals surface area contributed by atoms with Crippen LogP contribution >= 0.6 is 11.6 Å². The number of pyridine rings is 2. The average molecular weight is 437 g/mol. The van der Waals surface area contributed by atoms with Crippen LogP contribution in [0.25, 0.3) is 5.57 Å². The lowest BCUT2D eigenvalue weighted by Crippen LogP contribution is -2.49. The third-order valence-corrected chi connectivity index (χ3v) is 4.90. The van der Waals surface area contributed by atoms with Crippen molar-refractivity contribution in [1.82, 2.24) is 25.3 Å². The molecule has 0 saturated heterocycles. The summed E-state index contributed by atoms with van der Waals surface area (Å²) >= 11 is 5.85. The van der Waals surface area contributed by atoms with Gasteiger partial charge in [-0.05, 0) is 31.2 Å². The Morgan fingerprint density at radius 3 is 2.77 bits per heavy atom. The number of allylic oxidation sites excluding steroid dienone is 1. The number of nitrogens with zero attached hydrogens (tertiary/aromatic N) is 4. The SMILES string of the molecule is CC1CN2NC=C(c3cc(C(F)(F)F)ccn3)C2=CN1C(=O)Nc1ccnc(Cl)c1. The Bertz CT molecular complexity index is 1050. The summed E-state index contributed by atoms with van der Waals surface area (Å²) in [7, 11) is 0. The largest absolute Gasteiger partial charge is 0.416 e. The fourth-order valence-electron chi connectivity index (χ4n) is 3.22. The lowest BCUT2D eigenvalue weighted by atomic mass is 10.1. The molecule has 2 aromatic heterocycles. The van der Waals surface area contributed by atoms with Gasteiger partial charge in [0.25, 0.3) is 0 Å². The number of hydrogen-bond donors (Lipinski definition) is 2. The summed E-state index contributed by atoms with van der Waals surface area (Å²) in [5.74, 6) is 0. The molecule has 2 aliphatic heterocycles. The monoisotopic (exact) mass is 436 g/mol. The summed E-state index contributed by atoms with van der Waals surface area (Å²) in [6.07, 6.45) is 1.27. The molecule has 0 fully saturated rings. The summed E-state index contributed by atoms with van der Waals surface area (Å²) in [6.45, 7) is 2.28. The highest BCUT2D eigenvalue weighted by atomic mass is 35.5. The van der Waals surface area contributed by atoms with Gasteiger partial charge in [0.1, 0.15) is 5.15 Å². The molecule has 2 amide bonds. The van der Waals surface area contributed by atoms with Gasteiger partial charge < -0.3 is 10.7 Å². The summed E-state index contributed by atoms with van der Waals surface area (Å²) < 4.78 is 39.2. The standard InChI is InChI=1S/C19H16ClF3N6O/c1-11-9-29-16(10-28(11)18(30)27-13-3-5-25-17(20)7-13)14(8-26-29)15-6-12(2-4-24-15)19(21,22)23/h2-8,10-11,26H,9H2,1H3,(H,25,27,30). The second kappa shape index (κ2) is 7.52. The molecule has 2 aromatic rings. The molecule has 156 valence electrons. The lowest BCUT2D eigenvalue weighted by Gasteiger charge is -2.36. The van der Waals surface area contributed by atoms with Gasteiger partial charge in [-0.1, -0.05) is 11.6 Å². The van der Waals surface area contributed by atoms with E-state index < -0.39 is 17.8 Å². The van der Waals surface area contributed by atoms with Crippen LogP contribution in [-0.2, 0) is 6.18 Å². The van der Waals surface area contributed by atoms with E-state index in [-0.39, 0.29) is 16.9 Å². The fourth-order valence-corrected chi connectivity index (χ4v) is 3.39. The summed E-state index contributed by atoms with van der Waals surface area (Å²) in [6, 6.07) is 4.41. The normalized spacial score (nSPS) is 18.4. The molecule has 1 unspecified atom stereocenters. The number of anilines is 1. The zero-order chi connectivity index (χ0) is 21.5. The van der Waals surface area contributed by atoms with Gasteiger partial charge in [-0.25, -0.2) is 9.78 Å². The third kappa shape index (κ3) is 3.90. The van der Waals surface area contributed by atoms with Gasteiger partial charge in [0.05, 0.1) is 29.5 Å². The number of carbonyl (C=O) groups is 1. The number of urea groups is 1. The number of nitrogens with one attached hydrogen (secondary N) is 2. The van der Waals surface area contributed by atoms with Gasteiger partial charge in [-0.2, -0.15) is 13.2 Å². The van der Waals surface area contributed by atoms with Gasteiger partial charge in [0.15, 0.2) is 0 Å². The Hall–Kier alpha value is -3.27. The van der Waals surface area contributed by atoms with E-state index in [0.29, 0.717) is 23.5 Å². The maximum Gasteiger partial charge on any atom is 0.416 e. The quantitative estimate of drug-likeness (QED) is 0.694. The van der Waals surface area contributed by atoms with Crippen molar-refractivity contribution in [2.45, 2.75) is 19.1 Å². The number of aromatic nitrogens is 2. The van der Waals surface area contributed by atoms with Crippen LogP contribution in [0.1, 0.15) is 18.2 Å². The summed E-state index contributed by atoms with van der Waals surface area (Å²) in [5.41, 5.74) is 3.85. The van der Waals surface area contributed by atoms with E-state index in [1.54, 1.807) is 23.5 Å². The lowest BCUT2D eigenvalue weighted by molar-refractivity contribution is -0.137. The van der Waals surface area contributed by atoms with Crippen molar-refractivity contribution >= 4 is 28.9 Å². The molecular formula is C19H16ClF3N6O. The predicted octanol–water partition coefficient (Wildman–Crippen LogP) is 4.09. The molecular weight excluding hydrogens is 421 g/mol. The van der Waals surface area contributed by atoms with Crippen LogP contribution in [0.2, 0.25) is 5.15 Å². The molecule has 0 saturated carbocycles. The first kappa shape index (κ1) is 20.0. The van der Waals surface area contributed by atoms with Crippen LogP contribution in [0.3, 0.4) is 0 Å². The number of hydrazine groups is 1. The van der Waals surface area contributed by atoms with E-state index in [4.69, 9.17) is 11.6 Å². The number of amides is 2. The molecule has 0 aromatic carbocycles. The molecule has 1 atom stereocenters. The highest BCUT2D eigenvalue weighted by molar-refractivity contribution is 6.29. The number of rotatable bonds is 2. The zero-order valence-electron chi connectivity index (χ0n) is 15.6. The zero-order valence-corrected chi connectivity index (χ0v) is 16.4. The fraction of sp³-hybridized carbons (Fsp3) is 0.211. The average Bonchev–Trinajstić information content (AvgIpc) is 3.09. The van der Waals surface area contributed by atoms with E-state index in [1.807, 2.05) is 6.92 Å². The number of halogens is 4. The Morgan fingerprint density at radius 2 is 2.03 bits per heavy atom. The van der Waals surface area contributed by atoms with Crippen molar-refractivity contribution in [1.29, 1.82) is 0 Å². The molecule has 7 nitrogen and oxygen atoms in total. The smallest absolute Gasteiger partial charge is 0.307 e. The van der Waals surface area contributed by atoms with Crippen LogP contribution in [0.4, 0.5) is 23.7 Å². The van der Waals surface area contributed by atoms with Gasteiger partial charge in [-0.3, -0.25) is 14.9 Å². The van der Waals surface area contributed by atoms with E-state index in [0.717, 1.165) is 18.3 Å². The highest BCUT2D eigenvalue weighted by Crippen LogP contribution is 2.35. The van der Waals surface area contributed by atoms with Gasteiger partial charge >= 0.3 is 12.2 Å². The maximum atomic E-state index is 13.1. The second-order valence-corrected chi connectivity index (χ2v) is 7.18. The molecule has 0 radical (unpaired) electrons. The highest BCUT2D eigenvalue weighted by Gasteiger charge is 2.35. The molecule has 4 rings (SSSR count). The number of fused-ring (bicyclic) bond motifs is 1. The molecule has 2 N–H and O–H groups in total. The van der Waals surface area contributed by atoms with Crippen molar-refractivity contribution in [3.63, 3.8) is 0 Å². The number of carbonyl (C=O) groups excluding carboxylic acids is 1. The minimum absolute atomic E-state index is 0.155. The third-order valence-electron chi connectivity index (χ3n) is 4.69. The molecule has 4 heterocycles. The molecule has 2 aliphatic rings. The van der Waals surface area contributed by atoms with Crippen molar-refractivity contribution in [3.05, 3.63) is 71.2 Å². The molecule has 0 bridgehead atoms. The Kier molecular flexibility index (Phi) is 5.02. The van der Waals surface area contributed by atoms with Crippen molar-refractivity contribution in [2.24, 2.45) is 0 Å². The Balaban J connectivity index is 1.61. The molecule has 0 aliphatic carbocycles. The maximum absolute atomic E-state index is 13.1. The van der Waals surface area contributed by atoms with E-state index in [2.05, 4.69) is 20.7 Å². The molecule has 11 heteroatoms. The second-order valence-electron chi connectivity index (χ2n) is 6.79. The van der Waals surface area contributed by atoms with E-state index in [9.17, 15) is 18.0 Å².